The van der Waals surface area contributed by atoms with Gasteiger partial charge >= 0.3 is 7.12 Å². The molecule has 120 valence electrons. The van der Waals surface area contributed by atoms with Gasteiger partial charge in [0, 0.05) is 12.7 Å². The highest BCUT2D eigenvalue weighted by atomic mass is 16.7. The van der Waals surface area contributed by atoms with E-state index in [1.54, 1.807) is 11.9 Å². The first-order valence-corrected chi connectivity index (χ1v) is 7.89. The second kappa shape index (κ2) is 6.05. The van der Waals surface area contributed by atoms with E-state index >= 15 is 0 Å². The van der Waals surface area contributed by atoms with Crippen LogP contribution in [0.1, 0.15) is 46.6 Å². The third-order valence-corrected chi connectivity index (χ3v) is 4.73. The van der Waals surface area contributed by atoms with Crippen molar-refractivity contribution in [1.82, 2.24) is 0 Å². The summed E-state index contributed by atoms with van der Waals surface area (Å²) in [5, 5.41) is 0. The van der Waals surface area contributed by atoms with E-state index in [0.29, 0.717) is 0 Å². The molecule has 1 aliphatic heterocycles. The summed E-state index contributed by atoms with van der Waals surface area (Å²) >= 11 is 0. The maximum Gasteiger partial charge on any atom is 0.495 e. The van der Waals surface area contributed by atoms with E-state index in [1.807, 2.05) is 45.9 Å². The summed E-state index contributed by atoms with van der Waals surface area (Å²) in [6.45, 7) is 10.3. The zero-order valence-corrected chi connectivity index (χ0v) is 14.5. The number of rotatable bonds is 5. The molecule has 0 atom stereocenters. The summed E-state index contributed by atoms with van der Waals surface area (Å²) in [5.74, 6) is 0. The summed E-state index contributed by atoms with van der Waals surface area (Å²) in [5.41, 5.74) is 2.33. The smallest absolute Gasteiger partial charge is 0.399 e. The fourth-order valence-corrected chi connectivity index (χ4v) is 2.69. The third-order valence-electron chi connectivity index (χ3n) is 4.73. The molecular weight excluding hydrogens is 277 g/mol. The van der Waals surface area contributed by atoms with Crippen LogP contribution in [0.2, 0.25) is 0 Å². The van der Waals surface area contributed by atoms with Crippen molar-refractivity contribution in [3.8, 4) is 0 Å². The topological polar surface area (TPSA) is 38.8 Å². The van der Waals surface area contributed by atoms with Gasteiger partial charge in [-0.25, -0.2) is 0 Å². The zero-order chi connectivity index (χ0) is 16.5. The molecule has 1 heterocycles. The number of amides is 1. The van der Waals surface area contributed by atoms with Crippen LogP contribution >= 0.6 is 0 Å². The summed E-state index contributed by atoms with van der Waals surface area (Å²) in [4.78, 5) is 12.8. The van der Waals surface area contributed by atoms with E-state index in [-0.39, 0.29) is 11.2 Å². The normalized spacial score (nSPS) is 19.3. The van der Waals surface area contributed by atoms with E-state index in [4.69, 9.17) is 9.31 Å². The van der Waals surface area contributed by atoms with Crippen LogP contribution in [0.15, 0.2) is 18.2 Å². The summed E-state index contributed by atoms with van der Waals surface area (Å²) in [7, 11) is 1.38. The Balaban J connectivity index is 2.46. The predicted molar refractivity (Wildman–Crippen MR) is 90.6 cm³/mol. The van der Waals surface area contributed by atoms with E-state index in [2.05, 4.69) is 6.92 Å². The molecule has 1 aliphatic rings. The predicted octanol–water partition coefficient (Wildman–Crippen LogP) is 2.53. The Bertz CT molecular complexity index is 541. The zero-order valence-electron chi connectivity index (χ0n) is 14.5. The Morgan fingerprint density at radius 2 is 1.77 bits per heavy atom. The lowest BCUT2D eigenvalue weighted by Crippen LogP contribution is -2.41. The van der Waals surface area contributed by atoms with Gasteiger partial charge in [-0.1, -0.05) is 25.5 Å². The van der Waals surface area contributed by atoms with Crippen LogP contribution in [-0.2, 0) is 20.5 Å². The number of nitrogens with zero attached hydrogens (tertiary/aromatic N) is 1. The van der Waals surface area contributed by atoms with Gasteiger partial charge in [0.1, 0.15) is 0 Å². The van der Waals surface area contributed by atoms with Crippen molar-refractivity contribution in [3.05, 3.63) is 23.8 Å². The molecule has 0 N–H and O–H groups in total. The first-order chi connectivity index (χ1) is 10.2. The maximum absolute atomic E-state index is 11.2. The van der Waals surface area contributed by atoms with E-state index in [1.165, 1.54) is 0 Å². The van der Waals surface area contributed by atoms with Crippen molar-refractivity contribution in [2.24, 2.45) is 0 Å². The number of carbonyl (C=O) groups is 1. The van der Waals surface area contributed by atoms with Gasteiger partial charge in [0.05, 0.1) is 11.2 Å². The van der Waals surface area contributed by atoms with Gasteiger partial charge in [-0.05, 0) is 51.2 Å². The van der Waals surface area contributed by atoms with Crippen molar-refractivity contribution in [2.75, 3.05) is 11.9 Å². The standard InChI is InChI=1S/C17H26BNO3/c1-7-9-13-14(10-8-11-15(13)19(6)12-20)18-21-16(2,3)17(4,5)22-18/h8,10-12H,7,9H2,1-6H3. The Kier molecular flexibility index (Phi) is 4.69. The summed E-state index contributed by atoms with van der Waals surface area (Å²) < 4.78 is 12.4. The Morgan fingerprint density at radius 1 is 1.18 bits per heavy atom. The summed E-state index contributed by atoms with van der Waals surface area (Å²) in [6, 6.07) is 5.96. The summed E-state index contributed by atoms with van der Waals surface area (Å²) in [6.07, 6.45) is 2.71. The maximum atomic E-state index is 11.2. The molecule has 4 nitrogen and oxygen atoms in total. The van der Waals surface area contributed by atoms with Crippen molar-refractivity contribution in [3.63, 3.8) is 0 Å². The average molecular weight is 303 g/mol. The van der Waals surface area contributed by atoms with Gasteiger partial charge in [0.2, 0.25) is 6.41 Å². The van der Waals surface area contributed by atoms with Gasteiger partial charge in [0.15, 0.2) is 0 Å². The van der Waals surface area contributed by atoms with E-state index in [9.17, 15) is 4.79 Å². The fraction of sp³-hybridized carbons (Fsp3) is 0.588. The lowest BCUT2D eigenvalue weighted by Gasteiger charge is -2.32. The first kappa shape index (κ1) is 17.0. The van der Waals surface area contributed by atoms with Crippen LogP contribution in [0.3, 0.4) is 0 Å². The largest absolute Gasteiger partial charge is 0.495 e. The van der Waals surface area contributed by atoms with Gasteiger partial charge in [-0.2, -0.15) is 0 Å². The van der Waals surface area contributed by atoms with Gasteiger partial charge in [-0.15, -0.1) is 0 Å². The van der Waals surface area contributed by atoms with Gasteiger partial charge < -0.3 is 14.2 Å². The van der Waals surface area contributed by atoms with Crippen LogP contribution < -0.4 is 10.4 Å². The number of anilines is 1. The van der Waals surface area contributed by atoms with Crippen LogP contribution in [0.25, 0.3) is 0 Å². The lowest BCUT2D eigenvalue weighted by molar-refractivity contribution is -0.107. The number of benzene rings is 1. The minimum atomic E-state index is -0.397. The molecule has 5 heteroatoms. The molecular formula is C17H26BNO3. The molecule has 0 bridgehead atoms. The molecule has 0 spiro atoms. The van der Waals surface area contributed by atoms with Gasteiger partial charge in [-0.3, -0.25) is 4.79 Å². The van der Waals surface area contributed by atoms with Crippen LogP contribution in [0.5, 0.6) is 0 Å². The molecule has 1 amide bonds. The number of hydrogen-bond donors (Lipinski definition) is 0. The van der Waals surface area contributed by atoms with Crippen LogP contribution in [0, 0.1) is 0 Å². The number of hydrogen-bond acceptors (Lipinski definition) is 3. The second-order valence-electron chi connectivity index (χ2n) is 6.90. The quantitative estimate of drug-likeness (QED) is 0.620. The van der Waals surface area contributed by atoms with Crippen molar-refractivity contribution >= 4 is 24.7 Å². The minimum Gasteiger partial charge on any atom is -0.399 e. The molecule has 22 heavy (non-hydrogen) atoms. The molecule has 0 aromatic heterocycles. The van der Waals surface area contributed by atoms with Crippen molar-refractivity contribution in [2.45, 2.75) is 58.7 Å². The molecule has 0 unspecified atom stereocenters. The molecule has 1 saturated heterocycles. The Morgan fingerprint density at radius 3 is 2.27 bits per heavy atom. The highest BCUT2D eigenvalue weighted by molar-refractivity contribution is 6.62. The van der Waals surface area contributed by atoms with Crippen molar-refractivity contribution < 1.29 is 14.1 Å². The highest BCUT2D eigenvalue weighted by Crippen LogP contribution is 2.37. The molecule has 0 radical (unpaired) electrons. The SMILES string of the molecule is CCCc1c(B2OC(C)(C)C(C)(C)O2)cccc1N(C)C=O. The van der Waals surface area contributed by atoms with Crippen LogP contribution in [0.4, 0.5) is 5.69 Å². The van der Waals surface area contributed by atoms with Gasteiger partial charge in [0.25, 0.3) is 0 Å². The molecule has 2 rings (SSSR count). The fourth-order valence-electron chi connectivity index (χ4n) is 2.69. The van der Waals surface area contributed by atoms with E-state index < -0.39 is 7.12 Å². The van der Waals surface area contributed by atoms with Crippen molar-refractivity contribution in [1.29, 1.82) is 0 Å². The monoisotopic (exact) mass is 303 g/mol. The molecule has 1 fully saturated rings. The minimum absolute atomic E-state index is 0.367. The molecule has 0 saturated carbocycles. The Hall–Kier alpha value is -1.33. The highest BCUT2D eigenvalue weighted by Gasteiger charge is 2.52. The lowest BCUT2D eigenvalue weighted by atomic mass is 9.74. The molecule has 1 aromatic rings. The Labute approximate surface area is 133 Å². The van der Waals surface area contributed by atoms with E-state index in [0.717, 1.165) is 36.0 Å². The second-order valence-corrected chi connectivity index (χ2v) is 6.90. The van der Waals surface area contributed by atoms with Crippen LogP contribution in [-0.4, -0.2) is 31.8 Å². The third kappa shape index (κ3) is 2.92. The average Bonchev–Trinajstić information content (AvgIpc) is 2.67. The molecule has 1 aromatic carbocycles. The number of carbonyl (C=O) groups excluding carboxylic acids is 1. The first-order valence-electron chi connectivity index (χ1n) is 7.89. The molecule has 0 aliphatic carbocycles.